The van der Waals surface area contributed by atoms with Gasteiger partial charge < -0.3 is 10.1 Å². The molecule has 1 N–H and O–H groups in total. The Balaban J connectivity index is 2.02. The molecule has 0 aromatic heterocycles. The molecule has 1 unspecified atom stereocenters. The van der Waals surface area contributed by atoms with Gasteiger partial charge in [0.15, 0.2) is 0 Å². The van der Waals surface area contributed by atoms with E-state index in [1.165, 1.54) is 5.75 Å². The molecule has 0 bridgehead atoms. The van der Waals surface area contributed by atoms with Gasteiger partial charge in [0, 0.05) is 25.4 Å². The molecule has 0 aliphatic carbocycles. The fraction of sp³-hybridized carbons (Fsp3) is 1.00. The van der Waals surface area contributed by atoms with Crippen molar-refractivity contribution in [3.8, 4) is 0 Å². The Bertz CT molecular complexity index is 83.7. The van der Waals surface area contributed by atoms with E-state index in [1.54, 1.807) is 0 Å². The van der Waals surface area contributed by atoms with E-state index in [-0.39, 0.29) is 0 Å². The minimum atomic E-state index is 0.411. The van der Waals surface area contributed by atoms with Crippen LogP contribution in [-0.2, 0) is 4.74 Å². The maximum absolute atomic E-state index is 5.53. The Morgan fingerprint density at radius 3 is 3.20 bits per heavy atom. The molecule has 2 nitrogen and oxygen atoms in total. The Kier molecular flexibility index (Phi) is 4.18. The summed E-state index contributed by atoms with van der Waals surface area (Å²) in [4.78, 5) is 0. The molecule has 0 radical (unpaired) electrons. The van der Waals surface area contributed by atoms with Gasteiger partial charge >= 0.3 is 0 Å². The van der Waals surface area contributed by atoms with E-state index < -0.39 is 0 Å². The quantitative estimate of drug-likeness (QED) is 0.669. The van der Waals surface area contributed by atoms with Gasteiger partial charge in [-0.3, -0.25) is 0 Å². The average molecular weight is 161 g/mol. The Morgan fingerprint density at radius 1 is 1.70 bits per heavy atom. The topological polar surface area (TPSA) is 21.3 Å². The second kappa shape index (κ2) is 4.99. The van der Waals surface area contributed by atoms with Crippen LogP contribution in [0.5, 0.6) is 0 Å². The third kappa shape index (κ3) is 2.90. The van der Waals surface area contributed by atoms with Crippen LogP contribution in [0.15, 0.2) is 0 Å². The van der Waals surface area contributed by atoms with E-state index in [1.807, 2.05) is 11.8 Å². The van der Waals surface area contributed by atoms with Crippen LogP contribution in [0.25, 0.3) is 0 Å². The predicted molar refractivity (Wildman–Crippen MR) is 45.4 cm³/mol. The van der Waals surface area contributed by atoms with E-state index in [0.29, 0.717) is 5.44 Å². The van der Waals surface area contributed by atoms with E-state index in [2.05, 4.69) is 12.2 Å². The summed E-state index contributed by atoms with van der Waals surface area (Å²) in [6.45, 7) is 5.20. The Labute approximate surface area is 66.7 Å². The van der Waals surface area contributed by atoms with Gasteiger partial charge in [0.1, 0.15) is 5.44 Å². The highest BCUT2D eigenvalue weighted by Crippen LogP contribution is 2.14. The van der Waals surface area contributed by atoms with Crippen molar-refractivity contribution in [2.45, 2.75) is 18.8 Å². The minimum Gasteiger partial charge on any atom is -0.366 e. The highest BCUT2D eigenvalue weighted by molar-refractivity contribution is 7.99. The van der Waals surface area contributed by atoms with Gasteiger partial charge in [-0.1, -0.05) is 6.92 Å². The van der Waals surface area contributed by atoms with Gasteiger partial charge in [0.25, 0.3) is 0 Å². The SMILES string of the molecule is CCCOC1CNCCS1. The fourth-order valence-electron chi connectivity index (χ4n) is 0.898. The van der Waals surface area contributed by atoms with Crippen molar-refractivity contribution >= 4 is 11.8 Å². The first-order valence-corrected chi connectivity index (χ1v) is 4.92. The summed E-state index contributed by atoms with van der Waals surface area (Å²) in [5.74, 6) is 1.19. The van der Waals surface area contributed by atoms with Crippen LogP contribution in [0.1, 0.15) is 13.3 Å². The van der Waals surface area contributed by atoms with Crippen molar-refractivity contribution in [1.29, 1.82) is 0 Å². The number of hydrogen-bond acceptors (Lipinski definition) is 3. The van der Waals surface area contributed by atoms with E-state index in [4.69, 9.17) is 4.74 Å². The van der Waals surface area contributed by atoms with Crippen molar-refractivity contribution in [3.05, 3.63) is 0 Å². The lowest BCUT2D eigenvalue weighted by Gasteiger charge is -2.22. The smallest absolute Gasteiger partial charge is 0.115 e. The first-order chi connectivity index (χ1) is 4.93. The molecule has 0 saturated carbocycles. The number of hydrogen-bond donors (Lipinski definition) is 1. The van der Waals surface area contributed by atoms with E-state index in [0.717, 1.165) is 26.1 Å². The minimum absolute atomic E-state index is 0.411. The molecular weight excluding hydrogens is 146 g/mol. The second-order valence-corrected chi connectivity index (χ2v) is 3.64. The van der Waals surface area contributed by atoms with Gasteiger partial charge in [-0.05, 0) is 6.42 Å². The first kappa shape index (κ1) is 8.37. The lowest BCUT2D eigenvalue weighted by molar-refractivity contribution is 0.110. The summed E-state index contributed by atoms with van der Waals surface area (Å²) in [6.07, 6.45) is 1.12. The van der Waals surface area contributed by atoms with Crippen LogP contribution in [-0.4, -0.2) is 30.9 Å². The standard InChI is InChI=1S/C7H15NOS/c1-2-4-9-7-6-8-3-5-10-7/h7-8H,2-6H2,1H3. The average Bonchev–Trinajstić information content (AvgIpc) is 2.03. The molecule has 1 heterocycles. The van der Waals surface area contributed by atoms with Gasteiger partial charge in [-0.2, -0.15) is 0 Å². The van der Waals surface area contributed by atoms with Crippen molar-refractivity contribution in [3.63, 3.8) is 0 Å². The molecule has 1 saturated heterocycles. The Hall–Kier alpha value is 0.270. The fourth-order valence-corrected chi connectivity index (χ4v) is 1.85. The highest BCUT2D eigenvalue weighted by atomic mass is 32.2. The molecule has 0 aromatic rings. The van der Waals surface area contributed by atoms with E-state index in [9.17, 15) is 0 Å². The molecule has 1 atom stereocenters. The molecule has 0 amide bonds. The van der Waals surface area contributed by atoms with E-state index >= 15 is 0 Å². The summed E-state index contributed by atoms with van der Waals surface area (Å²) < 4.78 is 5.53. The van der Waals surface area contributed by atoms with Crippen LogP contribution in [0.2, 0.25) is 0 Å². The third-order valence-electron chi connectivity index (χ3n) is 1.40. The summed E-state index contributed by atoms with van der Waals surface area (Å²) in [5.41, 5.74) is 0.411. The molecule has 1 fully saturated rings. The van der Waals surface area contributed by atoms with Crippen molar-refractivity contribution < 1.29 is 4.74 Å². The third-order valence-corrected chi connectivity index (χ3v) is 2.52. The number of thioether (sulfide) groups is 1. The van der Waals surface area contributed by atoms with Gasteiger partial charge in [0.05, 0.1) is 0 Å². The summed E-state index contributed by atoms with van der Waals surface area (Å²) >= 11 is 1.92. The molecule has 1 rings (SSSR count). The number of ether oxygens (including phenoxy) is 1. The molecule has 0 spiro atoms. The van der Waals surface area contributed by atoms with Crippen LogP contribution < -0.4 is 5.32 Å². The van der Waals surface area contributed by atoms with Crippen LogP contribution >= 0.6 is 11.8 Å². The monoisotopic (exact) mass is 161 g/mol. The maximum Gasteiger partial charge on any atom is 0.115 e. The molecule has 1 aliphatic rings. The predicted octanol–water partition coefficient (Wildman–Crippen LogP) is 1.08. The summed E-state index contributed by atoms with van der Waals surface area (Å²) in [5, 5.41) is 3.30. The second-order valence-electron chi connectivity index (χ2n) is 2.38. The summed E-state index contributed by atoms with van der Waals surface area (Å²) in [7, 11) is 0. The molecule has 10 heavy (non-hydrogen) atoms. The van der Waals surface area contributed by atoms with Gasteiger partial charge in [0.2, 0.25) is 0 Å². The van der Waals surface area contributed by atoms with Crippen molar-refractivity contribution in [2.24, 2.45) is 0 Å². The lowest BCUT2D eigenvalue weighted by atomic mass is 10.5. The van der Waals surface area contributed by atoms with Crippen molar-refractivity contribution in [1.82, 2.24) is 5.32 Å². The maximum atomic E-state index is 5.53. The zero-order chi connectivity index (χ0) is 7.23. The molecule has 3 heteroatoms. The lowest BCUT2D eigenvalue weighted by Crippen LogP contribution is -2.34. The number of rotatable bonds is 3. The molecule has 60 valence electrons. The number of nitrogens with one attached hydrogen (secondary N) is 1. The summed E-state index contributed by atoms with van der Waals surface area (Å²) in [6, 6.07) is 0. The van der Waals surface area contributed by atoms with Crippen LogP contribution in [0.3, 0.4) is 0 Å². The molecule has 1 aliphatic heterocycles. The van der Waals surface area contributed by atoms with Gasteiger partial charge in [-0.15, -0.1) is 11.8 Å². The normalized spacial score (nSPS) is 26.7. The largest absolute Gasteiger partial charge is 0.366 e. The molecular formula is C7H15NOS. The van der Waals surface area contributed by atoms with Crippen LogP contribution in [0, 0.1) is 0 Å². The van der Waals surface area contributed by atoms with Crippen LogP contribution in [0.4, 0.5) is 0 Å². The highest BCUT2D eigenvalue weighted by Gasteiger charge is 2.12. The van der Waals surface area contributed by atoms with Gasteiger partial charge in [-0.25, -0.2) is 0 Å². The zero-order valence-electron chi connectivity index (χ0n) is 6.43. The molecule has 0 aromatic carbocycles. The zero-order valence-corrected chi connectivity index (χ0v) is 7.25. The van der Waals surface area contributed by atoms with Crippen molar-refractivity contribution in [2.75, 3.05) is 25.4 Å². The first-order valence-electron chi connectivity index (χ1n) is 3.87. The Morgan fingerprint density at radius 2 is 2.60 bits per heavy atom.